The first-order chi connectivity index (χ1) is 9.95. The van der Waals surface area contributed by atoms with Gasteiger partial charge in [0.1, 0.15) is 5.70 Å². The molecule has 7 heteroatoms. The predicted molar refractivity (Wildman–Crippen MR) is 79.7 cm³/mol. The number of carbonyl (C=O) groups is 3. The van der Waals surface area contributed by atoms with E-state index in [0.29, 0.717) is 15.7 Å². The van der Waals surface area contributed by atoms with Crippen molar-refractivity contribution in [2.75, 3.05) is 18.5 Å². The lowest BCUT2D eigenvalue weighted by atomic mass is 10.1. The van der Waals surface area contributed by atoms with Gasteiger partial charge in [-0.2, -0.15) is 0 Å². The molecule has 0 radical (unpaired) electrons. The number of nitrogens with one attached hydrogen (secondary N) is 1. The second-order valence-corrected chi connectivity index (χ2v) is 5.27. The SMILES string of the molecule is CC(=O)c1cccc(Br)c1NC1=CC(=O)N(CCO)C1=O. The molecule has 1 heterocycles. The first kappa shape index (κ1) is 15.4. The maximum atomic E-state index is 12.1. The number of carbonyl (C=O) groups excluding carboxylic acids is 3. The average Bonchev–Trinajstić information content (AvgIpc) is 2.69. The molecule has 2 rings (SSSR count). The zero-order valence-electron chi connectivity index (χ0n) is 11.2. The molecule has 0 saturated carbocycles. The first-order valence-electron chi connectivity index (χ1n) is 6.20. The summed E-state index contributed by atoms with van der Waals surface area (Å²) in [6.45, 7) is 1.06. The van der Waals surface area contributed by atoms with E-state index < -0.39 is 11.8 Å². The molecule has 0 bridgehead atoms. The Bertz CT molecular complexity index is 654. The third-order valence-electron chi connectivity index (χ3n) is 2.99. The Morgan fingerprint density at radius 1 is 1.38 bits per heavy atom. The Kier molecular flexibility index (Phi) is 4.54. The van der Waals surface area contributed by atoms with Crippen LogP contribution in [0.1, 0.15) is 17.3 Å². The number of Topliss-reactive ketones (excluding diaryl/α,β-unsaturated/α-hetero) is 1. The fourth-order valence-corrected chi connectivity index (χ4v) is 2.45. The number of β-amino-alcohol motifs (C(OH)–C–C–N with tert-alkyl or cyclic N) is 1. The summed E-state index contributed by atoms with van der Waals surface area (Å²) in [6.07, 6.45) is 1.15. The van der Waals surface area contributed by atoms with Crippen LogP contribution in [0, 0.1) is 0 Å². The molecule has 1 aliphatic heterocycles. The minimum Gasteiger partial charge on any atom is -0.395 e. The van der Waals surface area contributed by atoms with Gasteiger partial charge in [0.25, 0.3) is 11.8 Å². The van der Waals surface area contributed by atoms with Gasteiger partial charge in [0.15, 0.2) is 5.78 Å². The van der Waals surface area contributed by atoms with E-state index in [-0.39, 0.29) is 24.6 Å². The number of rotatable bonds is 5. The number of anilines is 1. The van der Waals surface area contributed by atoms with Crippen LogP contribution < -0.4 is 5.32 Å². The minimum absolute atomic E-state index is 0.0606. The van der Waals surface area contributed by atoms with E-state index in [9.17, 15) is 14.4 Å². The molecule has 0 unspecified atom stereocenters. The van der Waals surface area contributed by atoms with Crippen molar-refractivity contribution in [1.29, 1.82) is 0 Å². The summed E-state index contributed by atoms with van der Waals surface area (Å²) in [7, 11) is 0. The molecule has 0 atom stereocenters. The van der Waals surface area contributed by atoms with Crippen LogP contribution in [0.3, 0.4) is 0 Å². The number of ketones is 1. The fourth-order valence-electron chi connectivity index (χ4n) is 1.99. The van der Waals surface area contributed by atoms with Crippen molar-refractivity contribution in [3.63, 3.8) is 0 Å². The largest absolute Gasteiger partial charge is 0.395 e. The van der Waals surface area contributed by atoms with Crippen LogP contribution in [-0.4, -0.2) is 40.8 Å². The van der Waals surface area contributed by atoms with Crippen molar-refractivity contribution < 1.29 is 19.5 Å². The van der Waals surface area contributed by atoms with Crippen LogP contribution in [0.15, 0.2) is 34.4 Å². The van der Waals surface area contributed by atoms with Crippen molar-refractivity contribution in [2.45, 2.75) is 6.92 Å². The van der Waals surface area contributed by atoms with Crippen molar-refractivity contribution in [2.24, 2.45) is 0 Å². The van der Waals surface area contributed by atoms with Crippen LogP contribution in [0.5, 0.6) is 0 Å². The lowest BCUT2D eigenvalue weighted by Gasteiger charge is -2.15. The number of hydrogen-bond acceptors (Lipinski definition) is 5. The second-order valence-electron chi connectivity index (χ2n) is 4.42. The topological polar surface area (TPSA) is 86.7 Å². The van der Waals surface area contributed by atoms with Gasteiger partial charge in [-0.15, -0.1) is 0 Å². The molecule has 1 aromatic rings. The Morgan fingerprint density at radius 3 is 2.71 bits per heavy atom. The number of benzene rings is 1. The van der Waals surface area contributed by atoms with E-state index in [1.807, 2.05) is 0 Å². The van der Waals surface area contributed by atoms with E-state index in [1.165, 1.54) is 6.92 Å². The Balaban J connectivity index is 2.32. The Hall–Kier alpha value is -1.99. The number of aliphatic hydroxyl groups excluding tert-OH is 1. The van der Waals surface area contributed by atoms with E-state index in [1.54, 1.807) is 18.2 Å². The van der Waals surface area contributed by atoms with Gasteiger partial charge in [-0.25, -0.2) is 0 Å². The second kappa shape index (κ2) is 6.19. The normalized spacial score (nSPS) is 14.4. The van der Waals surface area contributed by atoms with Gasteiger partial charge in [0.2, 0.25) is 0 Å². The standard InChI is InChI=1S/C14H13BrN2O4/c1-8(19)9-3-2-4-10(15)13(9)16-11-7-12(20)17(5-6-18)14(11)21/h2-4,7,16,18H,5-6H2,1H3. The number of nitrogens with zero attached hydrogens (tertiary/aromatic N) is 1. The molecule has 2 amide bonds. The summed E-state index contributed by atoms with van der Waals surface area (Å²) in [6, 6.07) is 5.06. The van der Waals surface area contributed by atoms with Crippen LogP contribution in [0.25, 0.3) is 0 Å². The Labute approximate surface area is 129 Å². The monoisotopic (exact) mass is 352 g/mol. The lowest BCUT2D eigenvalue weighted by molar-refractivity contribution is -0.137. The van der Waals surface area contributed by atoms with Gasteiger partial charge in [-0.05, 0) is 35.0 Å². The number of para-hydroxylation sites is 1. The van der Waals surface area contributed by atoms with E-state index >= 15 is 0 Å². The molecule has 0 spiro atoms. The maximum Gasteiger partial charge on any atom is 0.277 e. The smallest absolute Gasteiger partial charge is 0.277 e. The summed E-state index contributed by atoms with van der Waals surface area (Å²) in [5, 5.41) is 11.7. The summed E-state index contributed by atoms with van der Waals surface area (Å²) in [5.74, 6) is -1.18. The van der Waals surface area contributed by atoms with Gasteiger partial charge in [0.05, 0.1) is 18.8 Å². The lowest BCUT2D eigenvalue weighted by Crippen LogP contribution is -2.34. The van der Waals surface area contributed by atoms with Crippen molar-refractivity contribution >= 4 is 39.2 Å². The molecule has 1 aliphatic rings. The molecule has 2 N–H and O–H groups in total. The van der Waals surface area contributed by atoms with E-state index in [0.717, 1.165) is 11.0 Å². The molecule has 110 valence electrons. The number of hydrogen-bond donors (Lipinski definition) is 2. The van der Waals surface area contributed by atoms with E-state index in [4.69, 9.17) is 5.11 Å². The summed E-state index contributed by atoms with van der Waals surface area (Å²) in [4.78, 5) is 36.3. The minimum atomic E-state index is -0.528. The molecular formula is C14H13BrN2O4. The maximum absolute atomic E-state index is 12.1. The molecule has 0 fully saturated rings. The van der Waals surface area contributed by atoms with Crippen LogP contribution in [-0.2, 0) is 9.59 Å². The molecular weight excluding hydrogens is 340 g/mol. The zero-order chi connectivity index (χ0) is 15.6. The van der Waals surface area contributed by atoms with Gasteiger partial charge in [-0.3, -0.25) is 19.3 Å². The fraction of sp³-hybridized carbons (Fsp3) is 0.214. The van der Waals surface area contributed by atoms with Gasteiger partial charge in [0, 0.05) is 16.1 Å². The van der Waals surface area contributed by atoms with Crippen molar-refractivity contribution in [1.82, 2.24) is 4.90 Å². The molecule has 6 nitrogen and oxygen atoms in total. The van der Waals surface area contributed by atoms with Crippen LogP contribution >= 0.6 is 15.9 Å². The highest BCUT2D eigenvalue weighted by Gasteiger charge is 2.31. The first-order valence-corrected chi connectivity index (χ1v) is 7.00. The van der Waals surface area contributed by atoms with Gasteiger partial charge in [-0.1, -0.05) is 6.07 Å². The molecule has 21 heavy (non-hydrogen) atoms. The summed E-state index contributed by atoms with van der Waals surface area (Å²) < 4.78 is 0.608. The molecule has 1 aromatic carbocycles. The third kappa shape index (κ3) is 3.03. The van der Waals surface area contributed by atoms with Crippen molar-refractivity contribution in [3.05, 3.63) is 40.0 Å². The summed E-state index contributed by atoms with van der Waals surface area (Å²) >= 11 is 3.31. The van der Waals surface area contributed by atoms with E-state index in [2.05, 4.69) is 21.2 Å². The predicted octanol–water partition coefficient (Wildman–Crippen LogP) is 1.31. The third-order valence-corrected chi connectivity index (χ3v) is 3.65. The Morgan fingerprint density at radius 2 is 2.10 bits per heavy atom. The highest BCUT2D eigenvalue weighted by molar-refractivity contribution is 9.10. The molecule has 0 saturated heterocycles. The number of halogens is 1. The van der Waals surface area contributed by atoms with Crippen molar-refractivity contribution in [3.8, 4) is 0 Å². The highest BCUT2D eigenvalue weighted by Crippen LogP contribution is 2.29. The number of imide groups is 1. The molecule has 0 aromatic heterocycles. The van der Waals surface area contributed by atoms with Crippen LogP contribution in [0.2, 0.25) is 0 Å². The number of aliphatic hydroxyl groups is 1. The zero-order valence-corrected chi connectivity index (χ0v) is 12.8. The van der Waals surface area contributed by atoms with Gasteiger partial charge >= 0.3 is 0 Å². The highest BCUT2D eigenvalue weighted by atomic mass is 79.9. The quantitative estimate of drug-likeness (QED) is 0.616. The van der Waals surface area contributed by atoms with Crippen LogP contribution in [0.4, 0.5) is 5.69 Å². The average molecular weight is 353 g/mol. The molecule has 0 aliphatic carbocycles. The number of amides is 2. The summed E-state index contributed by atoms with van der Waals surface area (Å²) in [5.41, 5.74) is 0.914. The van der Waals surface area contributed by atoms with Gasteiger partial charge < -0.3 is 10.4 Å².